The van der Waals surface area contributed by atoms with Crippen molar-refractivity contribution in [3.63, 3.8) is 0 Å². The van der Waals surface area contributed by atoms with Gasteiger partial charge in [-0.2, -0.15) is 0 Å². The zero-order valence-electron chi connectivity index (χ0n) is 13.2. The fourth-order valence-corrected chi connectivity index (χ4v) is 5.92. The number of hydrogen-bond acceptors (Lipinski definition) is 5. The first kappa shape index (κ1) is 18.7. The third kappa shape index (κ3) is 6.11. The summed E-state index contributed by atoms with van der Waals surface area (Å²) in [5.74, 6) is 0.593. The zero-order chi connectivity index (χ0) is 15.9. The van der Waals surface area contributed by atoms with E-state index in [-0.39, 0.29) is 5.25 Å². The molecule has 1 rings (SSSR count). The molecule has 0 N–H and O–H groups in total. The Morgan fingerprint density at radius 3 is 2.62 bits per heavy atom. The van der Waals surface area contributed by atoms with Crippen LogP contribution in [0, 0.1) is 0 Å². The van der Waals surface area contributed by atoms with Gasteiger partial charge in [0.1, 0.15) is 5.75 Å². The molecule has 0 aliphatic heterocycles. The molecule has 1 unspecified atom stereocenters. The molecule has 0 amide bonds. The van der Waals surface area contributed by atoms with Gasteiger partial charge in [0, 0.05) is 15.7 Å². The van der Waals surface area contributed by atoms with Gasteiger partial charge in [0.25, 0.3) is 0 Å². The summed E-state index contributed by atoms with van der Waals surface area (Å²) >= 11 is 2.90. The molecular formula is C15H23O3PS2. The van der Waals surface area contributed by atoms with Crippen LogP contribution in [0.2, 0.25) is 0 Å². The molecule has 0 heterocycles. The number of hydrogen-bond donors (Lipinski definition) is 0. The van der Waals surface area contributed by atoms with Gasteiger partial charge in [-0.3, -0.25) is 4.52 Å². The molecule has 1 aromatic carbocycles. The van der Waals surface area contributed by atoms with Gasteiger partial charge in [-0.1, -0.05) is 26.0 Å². The molecule has 0 aromatic heterocycles. The lowest BCUT2D eigenvalue weighted by Crippen LogP contribution is -2.00. The second-order valence-corrected chi connectivity index (χ2v) is 9.86. The maximum absolute atomic E-state index is 12.8. The Hall–Kier alpha value is -0.350. The van der Waals surface area contributed by atoms with E-state index in [9.17, 15) is 4.57 Å². The Morgan fingerprint density at radius 1 is 1.38 bits per heavy atom. The van der Waals surface area contributed by atoms with Crippen LogP contribution in [0.25, 0.3) is 6.08 Å². The molecule has 118 valence electrons. The number of rotatable bonds is 8. The smallest absolute Gasteiger partial charge is 0.416 e. The van der Waals surface area contributed by atoms with E-state index in [1.54, 1.807) is 11.8 Å². The highest BCUT2D eigenvalue weighted by molar-refractivity contribution is 8.55. The standard InChI is InChI=1S/C15H23O3PS2/c1-6-8-13-11-14(20-5)9-10-15(13)18-19(16,17-7-2)21-12(3)4/h6,8-12H,7H2,1-5H3. The average Bonchev–Trinajstić information content (AvgIpc) is 2.40. The molecule has 0 radical (unpaired) electrons. The Kier molecular flexibility index (Phi) is 7.96. The normalized spacial score (nSPS) is 14.6. The summed E-state index contributed by atoms with van der Waals surface area (Å²) in [6.07, 6.45) is 5.91. The van der Waals surface area contributed by atoms with Crippen LogP contribution in [0.3, 0.4) is 0 Å². The second kappa shape index (κ2) is 8.94. The molecule has 0 spiro atoms. The van der Waals surface area contributed by atoms with Gasteiger partial charge in [0.2, 0.25) is 0 Å². The third-order valence-electron chi connectivity index (χ3n) is 2.40. The van der Waals surface area contributed by atoms with Gasteiger partial charge in [-0.25, -0.2) is 4.57 Å². The minimum absolute atomic E-state index is 0.165. The zero-order valence-corrected chi connectivity index (χ0v) is 15.7. The number of benzene rings is 1. The van der Waals surface area contributed by atoms with E-state index in [4.69, 9.17) is 9.05 Å². The Labute approximate surface area is 136 Å². The van der Waals surface area contributed by atoms with Crippen LogP contribution in [0.15, 0.2) is 29.2 Å². The topological polar surface area (TPSA) is 35.5 Å². The monoisotopic (exact) mass is 346 g/mol. The van der Waals surface area contributed by atoms with Crippen LogP contribution in [0.4, 0.5) is 0 Å². The predicted molar refractivity (Wildman–Crippen MR) is 95.5 cm³/mol. The van der Waals surface area contributed by atoms with Crippen molar-refractivity contribution in [3.8, 4) is 5.75 Å². The first-order chi connectivity index (χ1) is 9.94. The minimum Gasteiger partial charge on any atom is -0.416 e. The molecular weight excluding hydrogens is 323 g/mol. The van der Waals surface area contributed by atoms with Crippen LogP contribution in [-0.2, 0) is 9.09 Å². The molecule has 1 atom stereocenters. The van der Waals surface area contributed by atoms with Gasteiger partial charge in [0.15, 0.2) is 0 Å². The molecule has 0 aliphatic rings. The van der Waals surface area contributed by atoms with Gasteiger partial charge >= 0.3 is 6.80 Å². The van der Waals surface area contributed by atoms with E-state index in [2.05, 4.69) is 0 Å². The first-order valence-corrected chi connectivity index (χ1v) is 11.1. The fourth-order valence-electron chi connectivity index (χ4n) is 1.66. The van der Waals surface area contributed by atoms with Crippen LogP contribution in [-0.4, -0.2) is 18.1 Å². The SMILES string of the molecule is CC=Cc1cc(SC)ccc1OP(=O)(OCC)SC(C)C. The number of thioether (sulfide) groups is 1. The van der Waals surface area contributed by atoms with Crippen molar-refractivity contribution in [1.82, 2.24) is 0 Å². The summed E-state index contributed by atoms with van der Waals surface area (Å²) in [5.41, 5.74) is 0.911. The van der Waals surface area contributed by atoms with E-state index >= 15 is 0 Å². The van der Waals surface area contributed by atoms with Crippen LogP contribution in [0.5, 0.6) is 5.75 Å². The summed E-state index contributed by atoms with van der Waals surface area (Å²) < 4.78 is 24.0. The van der Waals surface area contributed by atoms with Crippen molar-refractivity contribution in [3.05, 3.63) is 29.8 Å². The Balaban J connectivity index is 3.10. The van der Waals surface area contributed by atoms with E-state index in [0.29, 0.717) is 12.4 Å². The second-order valence-electron chi connectivity index (χ2n) is 4.51. The van der Waals surface area contributed by atoms with E-state index in [0.717, 1.165) is 10.5 Å². The fraction of sp³-hybridized carbons (Fsp3) is 0.467. The molecule has 6 heteroatoms. The molecule has 0 bridgehead atoms. The Bertz CT molecular complexity index is 530. The van der Waals surface area contributed by atoms with Crippen LogP contribution >= 0.6 is 29.9 Å². The first-order valence-electron chi connectivity index (χ1n) is 6.87. The van der Waals surface area contributed by atoms with Crippen molar-refractivity contribution < 1.29 is 13.6 Å². The van der Waals surface area contributed by atoms with E-state index in [1.165, 1.54) is 11.4 Å². The molecule has 0 saturated carbocycles. The van der Waals surface area contributed by atoms with Gasteiger partial charge in [-0.15, -0.1) is 11.8 Å². The highest BCUT2D eigenvalue weighted by Gasteiger charge is 2.29. The van der Waals surface area contributed by atoms with E-state index in [1.807, 2.05) is 64.3 Å². The molecule has 0 saturated heterocycles. The van der Waals surface area contributed by atoms with Crippen molar-refractivity contribution in [1.29, 1.82) is 0 Å². The van der Waals surface area contributed by atoms with Gasteiger partial charge in [-0.05, 0) is 49.7 Å². The molecule has 0 fully saturated rings. The molecule has 0 aliphatic carbocycles. The molecule has 3 nitrogen and oxygen atoms in total. The molecule has 1 aromatic rings. The Morgan fingerprint density at radius 2 is 2.10 bits per heavy atom. The third-order valence-corrected chi connectivity index (χ3v) is 7.38. The van der Waals surface area contributed by atoms with Gasteiger partial charge < -0.3 is 4.52 Å². The lowest BCUT2D eigenvalue weighted by Gasteiger charge is -2.20. The van der Waals surface area contributed by atoms with Crippen molar-refractivity contribution in [2.24, 2.45) is 0 Å². The summed E-state index contributed by atoms with van der Waals surface area (Å²) in [7, 11) is 0. The maximum Gasteiger partial charge on any atom is 0.440 e. The summed E-state index contributed by atoms with van der Waals surface area (Å²) in [6.45, 7) is 4.88. The summed E-state index contributed by atoms with van der Waals surface area (Å²) in [5, 5.41) is 0.165. The highest BCUT2D eigenvalue weighted by Crippen LogP contribution is 2.62. The quantitative estimate of drug-likeness (QED) is 0.419. The molecule has 21 heavy (non-hydrogen) atoms. The highest BCUT2D eigenvalue weighted by atomic mass is 32.7. The average molecular weight is 346 g/mol. The van der Waals surface area contributed by atoms with Gasteiger partial charge in [0.05, 0.1) is 6.61 Å². The van der Waals surface area contributed by atoms with Crippen molar-refractivity contribution in [2.45, 2.75) is 37.8 Å². The minimum atomic E-state index is -3.20. The lowest BCUT2D eigenvalue weighted by atomic mass is 10.2. The predicted octanol–water partition coefficient (Wildman–Crippen LogP) is 6.11. The van der Waals surface area contributed by atoms with Crippen LogP contribution in [0.1, 0.15) is 33.3 Å². The van der Waals surface area contributed by atoms with Crippen molar-refractivity contribution >= 4 is 36.0 Å². The lowest BCUT2D eigenvalue weighted by molar-refractivity contribution is 0.296. The maximum atomic E-state index is 12.8. The van der Waals surface area contributed by atoms with E-state index < -0.39 is 6.80 Å². The largest absolute Gasteiger partial charge is 0.440 e. The summed E-state index contributed by atoms with van der Waals surface area (Å²) in [4.78, 5) is 1.14. The van der Waals surface area contributed by atoms with Crippen LogP contribution < -0.4 is 4.52 Å². The summed E-state index contributed by atoms with van der Waals surface area (Å²) in [6, 6.07) is 5.84. The van der Waals surface area contributed by atoms with Crippen molar-refractivity contribution in [2.75, 3.05) is 12.9 Å². The number of allylic oxidation sites excluding steroid dienone is 1.